The Balaban J connectivity index is 1.62. The summed E-state index contributed by atoms with van der Waals surface area (Å²) in [5.41, 5.74) is 4.38. The van der Waals surface area contributed by atoms with Crippen molar-refractivity contribution in [2.75, 3.05) is 13.7 Å². The van der Waals surface area contributed by atoms with E-state index in [1.54, 1.807) is 18.3 Å². The molecule has 3 N–H and O–H groups in total. The lowest BCUT2D eigenvalue weighted by Crippen LogP contribution is -2.36. The maximum atomic E-state index is 14.0. The van der Waals surface area contributed by atoms with Gasteiger partial charge in [-0.1, -0.05) is 0 Å². The van der Waals surface area contributed by atoms with Crippen LogP contribution in [0.2, 0.25) is 0 Å². The normalized spacial score (nSPS) is 26.9. The molecule has 3 atom stereocenters. The molecule has 2 heterocycles. The van der Waals surface area contributed by atoms with Crippen molar-refractivity contribution in [1.82, 2.24) is 10.3 Å². The van der Waals surface area contributed by atoms with Crippen LogP contribution in [0.1, 0.15) is 16.8 Å². The van der Waals surface area contributed by atoms with Crippen molar-refractivity contribution in [2.45, 2.75) is 18.1 Å². The third-order valence-corrected chi connectivity index (χ3v) is 4.83. The van der Waals surface area contributed by atoms with Gasteiger partial charge in [0.1, 0.15) is 18.1 Å². The fourth-order valence-corrected chi connectivity index (χ4v) is 3.34. The van der Waals surface area contributed by atoms with E-state index < -0.39 is 17.5 Å². The molecule has 1 saturated carbocycles. The van der Waals surface area contributed by atoms with Gasteiger partial charge in [0.2, 0.25) is 0 Å². The van der Waals surface area contributed by atoms with Gasteiger partial charge in [0.05, 0.1) is 24.2 Å². The van der Waals surface area contributed by atoms with Crippen LogP contribution in [0.5, 0.6) is 11.5 Å². The molecule has 1 aliphatic heterocycles. The minimum atomic E-state index is -1.71. The Morgan fingerprint density at radius 3 is 2.88 bits per heavy atom. The van der Waals surface area contributed by atoms with Gasteiger partial charge in [0.15, 0.2) is 5.67 Å². The molecule has 4 rings (SSSR count). The first-order chi connectivity index (χ1) is 11.9. The van der Waals surface area contributed by atoms with Gasteiger partial charge in [-0.2, -0.15) is 0 Å². The number of nitrogens with two attached hydrogens (primary N) is 1. The second kappa shape index (κ2) is 5.30. The summed E-state index contributed by atoms with van der Waals surface area (Å²) < 4.78 is 25.0. The van der Waals surface area contributed by atoms with Crippen LogP contribution in [0.25, 0.3) is 10.9 Å². The number of halogens is 1. The molecule has 7 nitrogen and oxygen atoms in total. The average Bonchev–Trinajstić information content (AvgIpc) is 3.23. The Morgan fingerprint density at radius 2 is 2.28 bits per heavy atom. The number of nitrogens with one attached hydrogen (secondary N) is 1. The monoisotopic (exact) mass is 345 g/mol. The lowest BCUT2D eigenvalue weighted by molar-refractivity contribution is -0.125. The number of hydrogen-bond acceptors (Lipinski definition) is 5. The predicted molar refractivity (Wildman–Crippen MR) is 86.2 cm³/mol. The lowest BCUT2D eigenvalue weighted by atomic mass is 10.1. The summed E-state index contributed by atoms with van der Waals surface area (Å²) in [5, 5.41) is 3.25. The quantitative estimate of drug-likeness (QED) is 0.840. The number of benzene rings is 1. The summed E-state index contributed by atoms with van der Waals surface area (Å²) in [4.78, 5) is 27.3. The van der Waals surface area contributed by atoms with E-state index in [0.717, 1.165) is 0 Å². The van der Waals surface area contributed by atoms with Gasteiger partial charge in [-0.05, 0) is 24.6 Å². The molecular weight excluding hydrogens is 329 g/mol. The van der Waals surface area contributed by atoms with E-state index in [1.807, 2.05) is 0 Å². The van der Waals surface area contributed by atoms with Crippen molar-refractivity contribution in [1.29, 1.82) is 0 Å². The molecule has 1 aliphatic carbocycles. The number of pyridine rings is 1. The van der Waals surface area contributed by atoms with Crippen molar-refractivity contribution >= 4 is 22.7 Å². The Hall–Kier alpha value is -2.90. The standard InChI is InChI=1S/C17H16FN3O4/c1-24-14-5-8-11(4-9(14)15(19)22)20-3-2-13(8)25-7-12-10-6-17(10,18)16(23)21-12/h2-5,10,12H,6-7H2,1H3,(H2,19,22)(H,21,23). The average molecular weight is 345 g/mol. The number of primary amides is 1. The Labute approximate surface area is 142 Å². The van der Waals surface area contributed by atoms with Crippen molar-refractivity contribution in [3.05, 3.63) is 30.0 Å². The van der Waals surface area contributed by atoms with E-state index in [2.05, 4.69) is 10.3 Å². The topological polar surface area (TPSA) is 104 Å². The number of nitrogens with zero attached hydrogens (tertiary/aromatic N) is 1. The van der Waals surface area contributed by atoms with E-state index in [-0.39, 0.29) is 30.6 Å². The highest BCUT2D eigenvalue weighted by molar-refractivity contribution is 6.01. The van der Waals surface area contributed by atoms with E-state index in [0.29, 0.717) is 22.4 Å². The maximum Gasteiger partial charge on any atom is 0.258 e. The summed E-state index contributed by atoms with van der Waals surface area (Å²) in [7, 11) is 1.44. The smallest absolute Gasteiger partial charge is 0.258 e. The third-order valence-electron chi connectivity index (χ3n) is 4.83. The number of hydrogen-bond donors (Lipinski definition) is 2. The molecule has 1 aromatic heterocycles. The highest BCUT2D eigenvalue weighted by Gasteiger charge is 2.69. The number of rotatable bonds is 5. The maximum absolute atomic E-state index is 14.0. The van der Waals surface area contributed by atoms with Crippen LogP contribution in [-0.2, 0) is 4.79 Å². The van der Waals surface area contributed by atoms with Crippen molar-refractivity contribution < 1.29 is 23.5 Å². The molecule has 0 bridgehead atoms. The van der Waals surface area contributed by atoms with Crippen LogP contribution in [0.3, 0.4) is 0 Å². The second-order valence-corrected chi connectivity index (χ2v) is 6.31. The molecule has 2 aromatic rings. The second-order valence-electron chi connectivity index (χ2n) is 6.31. The number of aromatic nitrogens is 1. The zero-order valence-electron chi connectivity index (χ0n) is 13.4. The Morgan fingerprint density at radius 1 is 1.48 bits per heavy atom. The first-order valence-electron chi connectivity index (χ1n) is 7.83. The molecule has 2 aliphatic rings. The number of fused-ring (bicyclic) bond motifs is 2. The van der Waals surface area contributed by atoms with Crippen molar-refractivity contribution in [3.63, 3.8) is 0 Å². The Bertz CT molecular complexity index is 903. The van der Waals surface area contributed by atoms with E-state index >= 15 is 0 Å². The van der Waals surface area contributed by atoms with Crippen molar-refractivity contribution in [2.24, 2.45) is 11.7 Å². The van der Waals surface area contributed by atoms with Gasteiger partial charge in [0, 0.05) is 17.5 Å². The minimum absolute atomic E-state index is 0.154. The van der Waals surface area contributed by atoms with Crippen LogP contribution in [0.4, 0.5) is 4.39 Å². The fraction of sp³-hybridized carbons (Fsp3) is 0.353. The SMILES string of the molecule is COc1cc2c(OCC3NC(=O)C4(F)CC34)ccnc2cc1C(N)=O. The molecule has 1 aromatic carbocycles. The molecule has 25 heavy (non-hydrogen) atoms. The molecule has 1 saturated heterocycles. The number of methoxy groups -OCH3 is 1. The summed E-state index contributed by atoms with van der Waals surface area (Å²) in [6, 6.07) is 4.47. The Kier molecular flexibility index (Phi) is 3.31. The molecular formula is C17H16FN3O4. The summed E-state index contributed by atoms with van der Waals surface area (Å²) in [6.07, 6.45) is 1.79. The first kappa shape index (κ1) is 15.6. The van der Waals surface area contributed by atoms with E-state index in [1.165, 1.54) is 13.2 Å². The van der Waals surface area contributed by atoms with Gasteiger partial charge in [0.25, 0.3) is 11.8 Å². The molecule has 0 spiro atoms. The number of alkyl halides is 1. The van der Waals surface area contributed by atoms with E-state index in [9.17, 15) is 14.0 Å². The summed E-state index contributed by atoms with van der Waals surface area (Å²) in [5.74, 6) is -0.682. The number of carbonyl (C=O) groups excluding carboxylic acids is 2. The van der Waals surface area contributed by atoms with Gasteiger partial charge in [-0.25, -0.2) is 4.39 Å². The number of ether oxygens (including phenoxy) is 2. The molecule has 8 heteroatoms. The summed E-state index contributed by atoms with van der Waals surface area (Å²) in [6.45, 7) is 0.154. The lowest BCUT2D eigenvalue weighted by Gasteiger charge is -2.16. The predicted octanol–water partition coefficient (Wildman–Crippen LogP) is 0.948. The minimum Gasteiger partial charge on any atom is -0.496 e. The highest BCUT2D eigenvalue weighted by Crippen LogP contribution is 2.53. The van der Waals surface area contributed by atoms with Crippen LogP contribution in [-0.4, -0.2) is 42.2 Å². The van der Waals surface area contributed by atoms with Crippen molar-refractivity contribution in [3.8, 4) is 11.5 Å². The largest absolute Gasteiger partial charge is 0.496 e. The molecule has 130 valence electrons. The summed E-state index contributed by atoms with van der Waals surface area (Å²) >= 11 is 0. The van der Waals surface area contributed by atoms with E-state index in [4.69, 9.17) is 15.2 Å². The molecule has 2 fully saturated rings. The third kappa shape index (κ3) is 2.36. The van der Waals surface area contributed by atoms with Crippen LogP contribution in [0, 0.1) is 5.92 Å². The van der Waals surface area contributed by atoms with Gasteiger partial charge in [-0.15, -0.1) is 0 Å². The zero-order valence-corrected chi connectivity index (χ0v) is 13.4. The van der Waals surface area contributed by atoms with Gasteiger partial charge >= 0.3 is 0 Å². The first-order valence-corrected chi connectivity index (χ1v) is 7.83. The fourth-order valence-electron chi connectivity index (χ4n) is 3.34. The van der Waals surface area contributed by atoms with Crippen LogP contribution < -0.4 is 20.5 Å². The van der Waals surface area contributed by atoms with Crippen LogP contribution >= 0.6 is 0 Å². The van der Waals surface area contributed by atoms with Gasteiger partial charge < -0.3 is 20.5 Å². The van der Waals surface area contributed by atoms with Gasteiger partial charge in [-0.3, -0.25) is 14.6 Å². The number of carbonyl (C=O) groups is 2. The molecule has 3 unspecified atom stereocenters. The zero-order chi connectivity index (χ0) is 17.8. The highest BCUT2D eigenvalue weighted by atomic mass is 19.1. The number of amides is 2. The molecule has 2 amide bonds. The number of piperidine rings is 1. The molecule has 0 radical (unpaired) electrons. The van der Waals surface area contributed by atoms with Crippen LogP contribution in [0.15, 0.2) is 24.4 Å².